The lowest BCUT2D eigenvalue weighted by Gasteiger charge is -2.25. The summed E-state index contributed by atoms with van der Waals surface area (Å²) in [5.74, 6) is 0.190. The molecule has 1 heterocycles. The summed E-state index contributed by atoms with van der Waals surface area (Å²) in [7, 11) is 0.0537. The van der Waals surface area contributed by atoms with Crippen LogP contribution in [0.2, 0.25) is 0 Å². The first-order valence-electron chi connectivity index (χ1n) is 8.66. The monoisotopic (exact) mass is 354 g/mol. The molecule has 0 spiro atoms. The van der Waals surface area contributed by atoms with Gasteiger partial charge in [-0.2, -0.15) is 0 Å². The standard InChI is InChI=1S/C18H30N2O3S/c1-16-7-4-8-17(13-16)14-20(15-18-9-5-11-23-18)10-6-12-24(21,22)19(2)3/h4,7-8,13,18H,5-6,9-12,14-15H2,1-3H3/t18-/m1/s1. The minimum absolute atomic E-state index is 0.190. The number of rotatable bonds is 9. The number of benzene rings is 1. The minimum atomic E-state index is -3.13. The molecule has 5 nitrogen and oxygen atoms in total. The number of hydrogen-bond acceptors (Lipinski definition) is 4. The van der Waals surface area contributed by atoms with Gasteiger partial charge in [0.25, 0.3) is 0 Å². The first kappa shape index (κ1) is 19.4. The Morgan fingerprint density at radius 2 is 2.08 bits per heavy atom. The van der Waals surface area contributed by atoms with E-state index < -0.39 is 10.0 Å². The maximum absolute atomic E-state index is 11.9. The van der Waals surface area contributed by atoms with Crippen molar-refractivity contribution in [1.82, 2.24) is 9.21 Å². The van der Waals surface area contributed by atoms with Gasteiger partial charge in [0.05, 0.1) is 11.9 Å². The van der Waals surface area contributed by atoms with E-state index in [0.717, 1.165) is 39.1 Å². The average molecular weight is 355 g/mol. The van der Waals surface area contributed by atoms with Crippen LogP contribution in [0.1, 0.15) is 30.4 Å². The first-order valence-corrected chi connectivity index (χ1v) is 10.3. The van der Waals surface area contributed by atoms with Crippen LogP contribution >= 0.6 is 0 Å². The number of aryl methyl sites for hydroxylation is 1. The van der Waals surface area contributed by atoms with Crippen molar-refractivity contribution in [3.8, 4) is 0 Å². The molecule has 0 radical (unpaired) electrons. The minimum Gasteiger partial charge on any atom is -0.377 e. The van der Waals surface area contributed by atoms with Crippen LogP contribution in [-0.2, 0) is 21.3 Å². The maximum atomic E-state index is 11.9. The number of ether oxygens (including phenoxy) is 1. The molecule has 0 amide bonds. The molecule has 1 aliphatic rings. The largest absolute Gasteiger partial charge is 0.377 e. The van der Waals surface area contributed by atoms with Crippen LogP contribution in [0.4, 0.5) is 0 Å². The molecule has 2 rings (SSSR count). The molecular formula is C18H30N2O3S. The molecule has 0 saturated carbocycles. The van der Waals surface area contributed by atoms with E-state index in [1.54, 1.807) is 14.1 Å². The van der Waals surface area contributed by atoms with E-state index in [1.807, 2.05) is 0 Å². The molecule has 0 bridgehead atoms. The topological polar surface area (TPSA) is 49.9 Å². The SMILES string of the molecule is Cc1cccc(CN(CCCS(=O)(=O)N(C)C)C[C@H]2CCCO2)c1. The Balaban J connectivity index is 1.94. The van der Waals surface area contributed by atoms with Gasteiger partial charge in [0.15, 0.2) is 0 Å². The molecule has 0 aromatic heterocycles. The fourth-order valence-corrected chi connectivity index (χ4v) is 3.89. The van der Waals surface area contributed by atoms with Crippen molar-refractivity contribution in [3.05, 3.63) is 35.4 Å². The van der Waals surface area contributed by atoms with Crippen LogP contribution < -0.4 is 0 Å². The van der Waals surface area contributed by atoms with Gasteiger partial charge in [-0.3, -0.25) is 4.90 Å². The van der Waals surface area contributed by atoms with Gasteiger partial charge in [-0.1, -0.05) is 29.8 Å². The van der Waals surface area contributed by atoms with Gasteiger partial charge in [0.1, 0.15) is 0 Å². The van der Waals surface area contributed by atoms with Gasteiger partial charge < -0.3 is 4.74 Å². The van der Waals surface area contributed by atoms with Gasteiger partial charge >= 0.3 is 0 Å². The second-order valence-corrected chi connectivity index (χ2v) is 9.11. The second kappa shape index (κ2) is 8.94. The third-order valence-corrected chi connectivity index (χ3v) is 6.32. The van der Waals surface area contributed by atoms with Crippen molar-refractivity contribution in [3.63, 3.8) is 0 Å². The van der Waals surface area contributed by atoms with E-state index in [1.165, 1.54) is 15.4 Å². The molecule has 136 valence electrons. The lowest BCUT2D eigenvalue weighted by Crippen LogP contribution is -2.34. The molecule has 24 heavy (non-hydrogen) atoms. The van der Waals surface area contributed by atoms with E-state index in [2.05, 4.69) is 36.1 Å². The number of nitrogens with zero attached hydrogens (tertiary/aromatic N) is 2. The Morgan fingerprint density at radius 1 is 1.29 bits per heavy atom. The number of sulfonamides is 1. The Morgan fingerprint density at radius 3 is 2.71 bits per heavy atom. The zero-order valence-electron chi connectivity index (χ0n) is 15.1. The lowest BCUT2D eigenvalue weighted by molar-refractivity contribution is 0.0706. The molecule has 1 fully saturated rings. The van der Waals surface area contributed by atoms with Crippen molar-refractivity contribution >= 4 is 10.0 Å². The van der Waals surface area contributed by atoms with E-state index in [0.29, 0.717) is 6.42 Å². The third-order valence-electron chi connectivity index (χ3n) is 4.41. The van der Waals surface area contributed by atoms with Crippen LogP contribution in [0.25, 0.3) is 0 Å². The smallest absolute Gasteiger partial charge is 0.213 e. The highest BCUT2D eigenvalue weighted by atomic mass is 32.2. The number of hydrogen-bond donors (Lipinski definition) is 0. The van der Waals surface area contributed by atoms with Crippen molar-refractivity contribution in [2.75, 3.05) is 39.5 Å². The van der Waals surface area contributed by atoms with Gasteiger partial charge in [-0.15, -0.1) is 0 Å². The quantitative estimate of drug-likeness (QED) is 0.682. The Kier molecular flexibility index (Phi) is 7.22. The molecule has 1 aromatic carbocycles. The molecule has 1 aromatic rings. The summed E-state index contributed by atoms with van der Waals surface area (Å²) in [6, 6.07) is 8.49. The van der Waals surface area contributed by atoms with Crippen LogP contribution in [0, 0.1) is 6.92 Å². The highest BCUT2D eigenvalue weighted by Crippen LogP contribution is 2.16. The third kappa shape index (κ3) is 6.16. The zero-order chi connectivity index (χ0) is 17.6. The summed E-state index contributed by atoms with van der Waals surface area (Å²) in [6.45, 7) is 5.41. The average Bonchev–Trinajstić information content (AvgIpc) is 2.99. The molecule has 1 aliphatic heterocycles. The molecule has 0 unspecified atom stereocenters. The highest BCUT2D eigenvalue weighted by molar-refractivity contribution is 7.89. The van der Waals surface area contributed by atoms with Crippen LogP contribution in [-0.4, -0.2) is 63.3 Å². The molecule has 0 N–H and O–H groups in total. The maximum Gasteiger partial charge on any atom is 0.213 e. The summed E-state index contributed by atoms with van der Waals surface area (Å²) in [6.07, 6.45) is 3.14. The van der Waals surface area contributed by atoms with E-state index in [9.17, 15) is 8.42 Å². The first-order chi connectivity index (χ1) is 11.4. The van der Waals surface area contributed by atoms with Crippen LogP contribution in [0.5, 0.6) is 0 Å². The molecular weight excluding hydrogens is 324 g/mol. The Bertz CT molecular complexity index is 610. The molecule has 6 heteroatoms. The molecule has 1 atom stereocenters. The van der Waals surface area contributed by atoms with E-state index in [-0.39, 0.29) is 11.9 Å². The highest BCUT2D eigenvalue weighted by Gasteiger charge is 2.20. The van der Waals surface area contributed by atoms with E-state index >= 15 is 0 Å². The lowest BCUT2D eigenvalue weighted by atomic mass is 10.1. The zero-order valence-corrected chi connectivity index (χ0v) is 15.9. The van der Waals surface area contributed by atoms with Crippen LogP contribution in [0.3, 0.4) is 0 Å². The Labute approximate surface area is 146 Å². The summed E-state index contributed by atoms with van der Waals surface area (Å²) in [5.41, 5.74) is 2.52. The fraction of sp³-hybridized carbons (Fsp3) is 0.667. The predicted octanol–water partition coefficient (Wildman–Crippen LogP) is 2.26. The second-order valence-electron chi connectivity index (χ2n) is 6.81. The van der Waals surface area contributed by atoms with E-state index in [4.69, 9.17) is 4.74 Å². The van der Waals surface area contributed by atoms with Crippen LogP contribution in [0.15, 0.2) is 24.3 Å². The molecule has 0 aliphatic carbocycles. The summed E-state index contributed by atoms with van der Waals surface area (Å²) >= 11 is 0. The van der Waals surface area contributed by atoms with Gasteiger partial charge in [-0.25, -0.2) is 12.7 Å². The summed E-state index contributed by atoms with van der Waals surface area (Å²) in [5, 5.41) is 0. The van der Waals surface area contributed by atoms with Crippen molar-refractivity contribution < 1.29 is 13.2 Å². The van der Waals surface area contributed by atoms with Gasteiger partial charge in [-0.05, 0) is 38.3 Å². The van der Waals surface area contributed by atoms with Gasteiger partial charge in [0, 0.05) is 33.8 Å². The Hall–Kier alpha value is -0.950. The van der Waals surface area contributed by atoms with Crippen molar-refractivity contribution in [2.24, 2.45) is 0 Å². The van der Waals surface area contributed by atoms with Crippen molar-refractivity contribution in [1.29, 1.82) is 0 Å². The fourth-order valence-electron chi connectivity index (χ4n) is 3.03. The molecule has 1 saturated heterocycles. The predicted molar refractivity (Wildman–Crippen MR) is 97.5 cm³/mol. The summed E-state index contributed by atoms with van der Waals surface area (Å²) < 4.78 is 30.9. The summed E-state index contributed by atoms with van der Waals surface area (Å²) in [4.78, 5) is 2.33. The van der Waals surface area contributed by atoms with Crippen molar-refractivity contribution in [2.45, 2.75) is 38.8 Å². The normalized spacial score (nSPS) is 18.6. The van der Waals surface area contributed by atoms with Gasteiger partial charge in [0.2, 0.25) is 10.0 Å².